The monoisotopic (exact) mass is 219 g/mol. The number of fused-ring (bicyclic) bond motifs is 1. The standard InChI is InChI=1S/C11H13N3O2/c1-11(2,3)16-10(15)8-6-12-9-4-5-13-14(9)7-8/h4-7H,1-3H3. The highest BCUT2D eigenvalue weighted by Crippen LogP contribution is 2.11. The average Bonchev–Trinajstić information content (AvgIpc) is 2.61. The normalized spacial score (nSPS) is 11.7. The van der Waals surface area contributed by atoms with Crippen LogP contribution in [0.2, 0.25) is 0 Å². The third-order valence-corrected chi connectivity index (χ3v) is 1.88. The Kier molecular flexibility index (Phi) is 2.38. The molecule has 5 nitrogen and oxygen atoms in total. The van der Waals surface area contributed by atoms with Gasteiger partial charge in [0.2, 0.25) is 0 Å². The molecule has 0 spiro atoms. The fraction of sp³-hybridized carbons (Fsp3) is 0.364. The van der Waals surface area contributed by atoms with E-state index in [9.17, 15) is 4.79 Å². The van der Waals surface area contributed by atoms with E-state index in [0.29, 0.717) is 11.2 Å². The fourth-order valence-corrected chi connectivity index (χ4v) is 1.25. The molecule has 0 N–H and O–H groups in total. The molecule has 2 heterocycles. The van der Waals surface area contributed by atoms with E-state index in [2.05, 4.69) is 10.1 Å². The molecule has 84 valence electrons. The van der Waals surface area contributed by atoms with Crippen molar-refractivity contribution in [1.82, 2.24) is 14.6 Å². The van der Waals surface area contributed by atoms with Crippen LogP contribution in [-0.2, 0) is 4.74 Å². The van der Waals surface area contributed by atoms with Gasteiger partial charge >= 0.3 is 5.97 Å². The van der Waals surface area contributed by atoms with E-state index in [1.165, 1.54) is 6.20 Å². The van der Waals surface area contributed by atoms with E-state index in [-0.39, 0.29) is 0 Å². The average molecular weight is 219 g/mol. The molecule has 0 aliphatic heterocycles. The first-order valence-electron chi connectivity index (χ1n) is 4.98. The maximum atomic E-state index is 11.7. The van der Waals surface area contributed by atoms with Gasteiger partial charge in [-0.3, -0.25) is 0 Å². The number of rotatable bonds is 1. The summed E-state index contributed by atoms with van der Waals surface area (Å²) < 4.78 is 6.77. The predicted octanol–water partition coefficient (Wildman–Crippen LogP) is 1.68. The lowest BCUT2D eigenvalue weighted by molar-refractivity contribution is 0.00684. The Morgan fingerprint density at radius 1 is 1.44 bits per heavy atom. The van der Waals surface area contributed by atoms with Gasteiger partial charge in [0.05, 0.1) is 11.8 Å². The van der Waals surface area contributed by atoms with Crippen molar-refractivity contribution in [2.75, 3.05) is 0 Å². The number of carbonyl (C=O) groups is 1. The van der Waals surface area contributed by atoms with Crippen LogP contribution in [0.1, 0.15) is 31.1 Å². The van der Waals surface area contributed by atoms with Gasteiger partial charge in [0, 0.05) is 18.5 Å². The lowest BCUT2D eigenvalue weighted by Crippen LogP contribution is -2.24. The summed E-state index contributed by atoms with van der Waals surface area (Å²) in [7, 11) is 0. The van der Waals surface area contributed by atoms with Crippen LogP contribution in [0, 0.1) is 0 Å². The quantitative estimate of drug-likeness (QED) is 0.685. The van der Waals surface area contributed by atoms with Crippen LogP contribution in [-0.4, -0.2) is 26.2 Å². The molecule has 16 heavy (non-hydrogen) atoms. The zero-order valence-electron chi connectivity index (χ0n) is 9.47. The number of esters is 1. The lowest BCUT2D eigenvalue weighted by Gasteiger charge is -2.19. The number of nitrogens with zero attached hydrogens (tertiary/aromatic N) is 3. The second-order valence-electron chi connectivity index (χ2n) is 4.48. The van der Waals surface area contributed by atoms with Crippen molar-refractivity contribution >= 4 is 11.6 Å². The largest absolute Gasteiger partial charge is 0.456 e. The molecule has 2 aromatic heterocycles. The minimum Gasteiger partial charge on any atom is -0.456 e. The Bertz CT molecular complexity index is 525. The number of aromatic nitrogens is 3. The Morgan fingerprint density at radius 2 is 2.19 bits per heavy atom. The molecule has 2 aromatic rings. The van der Waals surface area contributed by atoms with Crippen molar-refractivity contribution in [3.8, 4) is 0 Å². The summed E-state index contributed by atoms with van der Waals surface area (Å²) >= 11 is 0. The molecule has 0 amide bonds. The smallest absolute Gasteiger partial charge is 0.341 e. The van der Waals surface area contributed by atoms with Crippen LogP contribution in [0.3, 0.4) is 0 Å². The Hall–Kier alpha value is -1.91. The summed E-state index contributed by atoms with van der Waals surface area (Å²) in [6.07, 6.45) is 4.72. The predicted molar refractivity (Wildman–Crippen MR) is 58.2 cm³/mol. The Morgan fingerprint density at radius 3 is 2.88 bits per heavy atom. The summed E-state index contributed by atoms with van der Waals surface area (Å²) in [5.41, 5.74) is 0.592. The Balaban J connectivity index is 2.29. The van der Waals surface area contributed by atoms with Gasteiger partial charge in [-0.05, 0) is 20.8 Å². The van der Waals surface area contributed by atoms with Gasteiger partial charge in [-0.1, -0.05) is 0 Å². The summed E-state index contributed by atoms with van der Waals surface area (Å²) in [4.78, 5) is 15.8. The van der Waals surface area contributed by atoms with E-state index in [0.717, 1.165) is 0 Å². The molecule has 0 aromatic carbocycles. The second kappa shape index (κ2) is 3.59. The number of carbonyl (C=O) groups excluding carboxylic acids is 1. The first-order chi connectivity index (χ1) is 7.46. The first-order valence-corrected chi connectivity index (χ1v) is 4.98. The van der Waals surface area contributed by atoms with Crippen LogP contribution >= 0.6 is 0 Å². The van der Waals surface area contributed by atoms with Crippen LogP contribution in [0.15, 0.2) is 24.7 Å². The van der Waals surface area contributed by atoms with E-state index < -0.39 is 11.6 Å². The van der Waals surface area contributed by atoms with Crippen LogP contribution in [0.4, 0.5) is 0 Å². The van der Waals surface area contributed by atoms with Crippen LogP contribution in [0.5, 0.6) is 0 Å². The zero-order chi connectivity index (χ0) is 11.8. The second-order valence-corrected chi connectivity index (χ2v) is 4.48. The topological polar surface area (TPSA) is 56.5 Å². The van der Waals surface area contributed by atoms with Gasteiger partial charge in [0.15, 0.2) is 5.65 Å². The lowest BCUT2D eigenvalue weighted by atomic mass is 10.2. The van der Waals surface area contributed by atoms with E-state index in [1.54, 1.807) is 23.0 Å². The fourth-order valence-electron chi connectivity index (χ4n) is 1.25. The minimum absolute atomic E-state index is 0.391. The third kappa shape index (κ3) is 2.18. The molecule has 0 radical (unpaired) electrons. The minimum atomic E-state index is -0.504. The first kappa shape index (κ1) is 10.6. The summed E-state index contributed by atoms with van der Waals surface area (Å²) in [5, 5.41) is 4.00. The molecule has 0 bridgehead atoms. The number of hydrogen-bond donors (Lipinski definition) is 0. The van der Waals surface area contributed by atoms with Gasteiger partial charge in [-0.25, -0.2) is 14.3 Å². The molecule has 0 unspecified atom stereocenters. The molecule has 0 atom stereocenters. The maximum absolute atomic E-state index is 11.7. The maximum Gasteiger partial charge on any atom is 0.341 e. The van der Waals surface area contributed by atoms with Crippen molar-refractivity contribution in [2.24, 2.45) is 0 Å². The molecule has 0 saturated heterocycles. The summed E-state index contributed by atoms with van der Waals surface area (Å²) in [5.74, 6) is -0.391. The van der Waals surface area contributed by atoms with Crippen molar-refractivity contribution in [3.63, 3.8) is 0 Å². The zero-order valence-corrected chi connectivity index (χ0v) is 9.47. The molecular weight excluding hydrogens is 206 g/mol. The highest BCUT2D eigenvalue weighted by atomic mass is 16.6. The van der Waals surface area contributed by atoms with Gasteiger partial charge in [0.25, 0.3) is 0 Å². The van der Waals surface area contributed by atoms with Crippen molar-refractivity contribution < 1.29 is 9.53 Å². The van der Waals surface area contributed by atoms with E-state index in [4.69, 9.17) is 4.74 Å². The van der Waals surface area contributed by atoms with Gasteiger partial charge in [-0.15, -0.1) is 0 Å². The molecule has 0 aliphatic carbocycles. The van der Waals surface area contributed by atoms with Gasteiger partial charge < -0.3 is 4.74 Å². The van der Waals surface area contributed by atoms with Gasteiger partial charge in [-0.2, -0.15) is 5.10 Å². The molecular formula is C11H13N3O2. The van der Waals surface area contributed by atoms with E-state index in [1.807, 2.05) is 20.8 Å². The van der Waals surface area contributed by atoms with Crippen molar-refractivity contribution in [3.05, 3.63) is 30.2 Å². The highest BCUT2D eigenvalue weighted by molar-refractivity contribution is 5.89. The molecule has 2 rings (SSSR count). The highest BCUT2D eigenvalue weighted by Gasteiger charge is 2.18. The van der Waals surface area contributed by atoms with Gasteiger partial charge in [0.1, 0.15) is 5.60 Å². The molecule has 0 aliphatic rings. The molecule has 5 heteroatoms. The summed E-state index contributed by atoms with van der Waals surface area (Å²) in [6, 6.07) is 1.76. The molecule has 0 fully saturated rings. The molecule has 0 saturated carbocycles. The number of hydrogen-bond acceptors (Lipinski definition) is 4. The third-order valence-electron chi connectivity index (χ3n) is 1.88. The van der Waals surface area contributed by atoms with Crippen LogP contribution < -0.4 is 0 Å². The SMILES string of the molecule is CC(C)(C)OC(=O)c1cnc2ccnn2c1. The summed E-state index contributed by atoms with van der Waals surface area (Å²) in [6.45, 7) is 5.47. The van der Waals surface area contributed by atoms with Crippen LogP contribution in [0.25, 0.3) is 5.65 Å². The number of ether oxygens (including phenoxy) is 1. The Labute approximate surface area is 93.1 Å². The van der Waals surface area contributed by atoms with Crippen molar-refractivity contribution in [2.45, 2.75) is 26.4 Å². The van der Waals surface area contributed by atoms with Crippen molar-refractivity contribution in [1.29, 1.82) is 0 Å². The van der Waals surface area contributed by atoms with E-state index >= 15 is 0 Å².